The molecule has 90 valence electrons. The van der Waals surface area contributed by atoms with Crippen LogP contribution in [0.1, 0.15) is 5.56 Å². The zero-order valence-electron chi connectivity index (χ0n) is 9.14. The summed E-state index contributed by atoms with van der Waals surface area (Å²) < 4.78 is 26.3. The van der Waals surface area contributed by atoms with E-state index in [9.17, 15) is 8.42 Å². The van der Waals surface area contributed by atoms with Crippen LogP contribution in [-0.4, -0.2) is 18.4 Å². The highest BCUT2D eigenvalue weighted by molar-refractivity contribution is 7.92. The number of anilines is 2. The summed E-state index contributed by atoms with van der Waals surface area (Å²) in [5, 5.41) is 0. The average Bonchev–Trinajstić information content (AvgIpc) is 2.68. The Morgan fingerprint density at radius 1 is 1.35 bits per heavy atom. The normalized spacial score (nSPS) is 11.4. The first-order valence-electron chi connectivity index (χ1n) is 4.87. The molecule has 1 aromatic carbocycles. The van der Waals surface area contributed by atoms with Crippen LogP contribution >= 0.6 is 0 Å². The Morgan fingerprint density at radius 3 is 2.71 bits per heavy atom. The Kier molecular flexibility index (Phi) is 2.76. The Bertz CT molecular complexity index is 600. The number of nitrogens with zero attached hydrogens (tertiary/aromatic N) is 1. The highest BCUT2D eigenvalue weighted by atomic mass is 32.2. The smallest absolute Gasteiger partial charge is 0.264 e. The van der Waals surface area contributed by atoms with Crippen LogP contribution < -0.4 is 10.5 Å². The molecule has 17 heavy (non-hydrogen) atoms. The van der Waals surface area contributed by atoms with Gasteiger partial charge in [-0.2, -0.15) is 0 Å². The third kappa shape index (κ3) is 2.56. The highest BCUT2D eigenvalue weighted by Gasteiger charge is 2.15. The molecule has 0 atom stereocenters. The lowest BCUT2D eigenvalue weighted by Crippen LogP contribution is -2.14. The lowest BCUT2D eigenvalue weighted by molar-refractivity contribution is 0.601. The number of sulfonamides is 1. The van der Waals surface area contributed by atoms with Gasteiger partial charge < -0.3 is 10.7 Å². The summed E-state index contributed by atoms with van der Waals surface area (Å²) in [7, 11) is -3.65. The summed E-state index contributed by atoms with van der Waals surface area (Å²) in [6.45, 7) is 1.78. The van der Waals surface area contributed by atoms with E-state index in [0.717, 1.165) is 5.56 Å². The molecular weight excluding hydrogens is 240 g/mol. The molecule has 2 rings (SSSR count). The third-order valence-electron chi connectivity index (χ3n) is 2.11. The van der Waals surface area contributed by atoms with E-state index in [4.69, 9.17) is 5.73 Å². The van der Waals surface area contributed by atoms with Gasteiger partial charge in [0, 0.05) is 18.1 Å². The Labute approximate surface area is 98.9 Å². The van der Waals surface area contributed by atoms with Gasteiger partial charge in [-0.25, -0.2) is 18.1 Å². The number of imidazole rings is 1. The third-order valence-corrected chi connectivity index (χ3v) is 3.43. The number of hydrogen-bond donors (Lipinski definition) is 3. The van der Waals surface area contributed by atoms with Crippen LogP contribution in [0.5, 0.6) is 0 Å². The first kappa shape index (κ1) is 11.5. The van der Waals surface area contributed by atoms with Gasteiger partial charge in [0.25, 0.3) is 10.0 Å². The van der Waals surface area contributed by atoms with Crippen molar-refractivity contribution < 1.29 is 8.42 Å². The van der Waals surface area contributed by atoms with Crippen molar-refractivity contribution in [1.29, 1.82) is 0 Å². The van der Waals surface area contributed by atoms with E-state index in [1.54, 1.807) is 19.1 Å². The predicted molar refractivity (Wildman–Crippen MR) is 65.0 cm³/mol. The van der Waals surface area contributed by atoms with E-state index in [1.807, 2.05) is 0 Å². The topological polar surface area (TPSA) is 101 Å². The zero-order chi connectivity index (χ0) is 12.5. The van der Waals surface area contributed by atoms with Crippen LogP contribution in [-0.2, 0) is 10.0 Å². The maximum absolute atomic E-state index is 12.0. The minimum atomic E-state index is -3.65. The van der Waals surface area contributed by atoms with Crippen LogP contribution in [0.25, 0.3) is 0 Å². The van der Waals surface area contributed by atoms with Crippen LogP contribution in [0, 0.1) is 6.92 Å². The van der Waals surface area contributed by atoms with Gasteiger partial charge in [0.1, 0.15) is 0 Å². The maximum Gasteiger partial charge on any atom is 0.264 e. The number of aryl methyl sites for hydroxylation is 1. The number of H-pyrrole nitrogens is 1. The molecule has 6 nitrogen and oxygen atoms in total. The van der Waals surface area contributed by atoms with E-state index >= 15 is 0 Å². The van der Waals surface area contributed by atoms with Crippen molar-refractivity contribution in [2.45, 2.75) is 11.8 Å². The van der Waals surface area contributed by atoms with E-state index in [0.29, 0.717) is 5.69 Å². The molecule has 0 aliphatic carbocycles. The van der Waals surface area contributed by atoms with Crippen molar-refractivity contribution in [2.24, 2.45) is 0 Å². The SMILES string of the molecule is Cc1cc(N)cc(S(=O)(=O)Nc2ncc[nH]2)c1. The number of benzene rings is 1. The number of rotatable bonds is 3. The van der Waals surface area contributed by atoms with Crippen molar-refractivity contribution in [1.82, 2.24) is 9.97 Å². The predicted octanol–water partition coefficient (Wildman–Crippen LogP) is 1.10. The molecule has 7 heteroatoms. The van der Waals surface area contributed by atoms with Crippen molar-refractivity contribution in [3.05, 3.63) is 36.2 Å². The first-order valence-corrected chi connectivity index (χ1v) is 6.35. The van der Waals surface area contributed by atoms with E-state index in [2.05, 4.69) is 14.7 Å². The van der Waals surface area contributed by atoms with Gasteiger partial charge in [0.2, 0.25) is 5.95 Å². The molecule has 0 saturated heterocycles. The molecule has 0 saturated carbocycles. The molecule has 0 fully saturated rings. The number of hydrogen-bond acceptors (Lipinski definition) is 4. The summed E-state index contributed by atoms with van der Waals surface area (Å²) in [4.78, 5) is 6.57. The number of nitrogen functional groups attached to an aromatic ring is 1. The molecular formula is C10H12N4O2S. The van der Waals surface area contributed by atoms with Crippen LogP contribution in [0.15, 0.2) is 35.5 Å². The van der Waals surface area contributed by atoms with Gasteiger partial charge in [-0.05, 0) is 30.7 Å². The van der Waals surface area contributed by atoms with Gasteiger partial charge in [-0.1, -0.05) is 0 Å². The Balaban J connectivity index is 2.38. The molecule has 2 aromatic rings. The van der Waals surface area contributed by atoms with Gasteiger partial charge in [0.05, 0.1) is 4.90 Å². The van der Waals surface area contributed by atoms with Gasteiger partial charge in [0.15, 0.2) is 0 Å². The number of aromatic amines is 1. The van der Waals surface area contributed by atoms with E-state index in [1.165, 1.54) is 18.5 Å². The molecule has 0 radical (unpaired) electrons. The molecule has 0 amide bonds. The van der Waals surface area contributed by atoms with Crippen molar-refractivity contribution in [3.63, 3.8) is 0 Å². The van der Waals surface area contributed by atoms with Gasteiger partial charge in [-0.3, -0.25) is 0 Å². The van der Waals surface area contributed by atoms with Crippen molar-refractivity contribution in [3.8, 4) is 0 Å². The van der Waals surface area contributed by atoms with Crippen molar-refractivity contribution in [2.75, 3.05) is 10.5 Å². The zero-order valence-corrected chi connectivity index (χ0v) is 9.95. The minimum Gasteiger partial charge on any atom is -0.399 e. The summed E-state index contributed by atoms with van der Waals surface area (Å²) in [5.74, 6) is 0.171. The maximum atomic E-state index is 12.0. The quantitative estimate of drug-likeness (QED) is 0.712. The first-order chi connectivity index (χ1) is 7.97. The monoisotopic (exact) mass is 252 g/mol. The fourth-order valence-corrected chi connectivity index (χ4v) is 2.56. The molecule has 0 aliphatic rings. The molecule has 0 bridgehead atoms. The molecule has 4 N–H and O–H groups in total. The van der Waals surface area contributed by atoms with Crippen LogP contribution in [0.4, 0.5) is 11.6 Å². The van der Waals surface area contributed by atoms with Crippen molar-refractivity contribution >= 4 is 21.7 Å². The second-order valence-corrected chi connectivity index (χ2v) is 5.31. The lowest BCUT2D eigenvalue weighted by Gasteiger charge is -2.07. The van der Waals surface area contributed by atoms with E-state index in [-0.39, 0.29) is 10.8 Å². The Hall–Kier alpha value is -2.02. The summed E-state index contributed by atoms with van der Waals surface area (Å²) in [6, 6.07) is 4.64. The molecule has 0 unspecified atom stereocenters. The number of nitrogens with two attached hydrogens (primary N) is 1. The average molecular weight is 252 g/mol. The molecule has 1 heterocycles. The van der Waals surface area contributed by atoms with E-state index < -0.39 is 10.0 Å². The highest BCUT2D eigenvalue weighted by Crippen LogP contribution is 2.18. The molecule has 0 aliphatic heterocycles. The second-order valence-electron chi connectivity index (χ2n) is 3.62. The number of nitrogens with one attached hydrogen (secondary N) is 2. The van der Waals surface area contributed by atoms with Crippen LogP contribution in [0.2, 0.25) is 0 Å². The van der Waals surface area contributed by atoms with Gasteiger partial charge in [-0.15, -0.1) is 0 Å². The Morgan fingerprint density at radius 2 is 2.12 bits per heavy atom. The minimum absolute atomic E-state index is 0.117. The molecule has 0 spiro atoms. The fourth-order valence-electron chi connectivity index (χ4n) is 1.44. The summed E-state index contributed by atoms with van der Waals surface area (Å²) in [6.07, 6.45) is 2.99. The largest absolute Gasteiger partial charge is 0.399 e. The molecule has 1 aromatic heterocycles. The summed E-state index contributed by atoms with van der Waals surface area (Å²) in [5.41, 5.74) is 6.80. The second kappa shape index (κ2) is 4.10. The lowest BCUT2D eigenvalue weighted by atomic mass is 10.2. The standard InChI is InChI=1S/C10H12N4O2S/c1-7-4-8(11)6-9(5-7)17(15,16)14-10-12-2-3-13-10/h2-6H,11H2,1H3,(H2,12,13,14). The number of aromatic nitrogens is 2. The summed E-state index contributed by atoms with van der Waals surface area (Å²) >= 11 is 0. The fraction of sp³-hybridized carbons (Fsp3) is 0.100. The van der Waals surface area contributed by atoms with Gasteiger partial charge >= 0.3 is 0 Å². The van der Waals surface area contributed by atoms with Crippen LogP contribution in [0.3, 0.4) is 0 Å².